The summed E-state index contributed by atoms with van der Waals surface area (Å²) in [6.07, 6.45) is 2.29. The molecule has 5 nitrogen and oxygen atoms in total. The topological polar surface area (TPSA) is 62.5 Å². The Morgan fingerprint density at radius 2 is 2.05 bits per heavy atom. The molecular weight excluding hydrogens is 280 g/mol. The molecule has 22 heavy (non-hydrogen) atoms. The molecule has 1 aromatic carbocycles. The number of likely N-dealkylation sites (tertiary alicyclic amines) is 1. The highest BCUT2D eigenvalue weighted by molar-refractivity contribution is 5.86. The van der Waals surface area contributed by atoms with Crippen molar-refractivity contribution in [3.05, 3.63) is 36.0 Å². The number of para-hydroxylation sites is 1. The summed E-state index contributed by atoms with van der Waals surface area (Å²) in [4.78, 5) is 25.5. The predicted molar refractivity (Wildman–Crippen MR) is 83.7 cm³/mol. The SMILES string of the molecule is Cc1cc2ccccc2n1CC(=O)N1CCCC[C@@H]1C(=O)O. The van der Waals surface area contributed by atoms with Gasteiger partial charge in [-0.2, -0.15) is 0 Å². The van der Waals surface area contributed by atoms with E-state index in [0.29, 0.717) is 13.0 Å². The zero-order valence-corrected chi connectivity index (χ0v) is 12.7. The van der Waals surface area contributed by atoms with Gasteiger partial charge in [0, 0.05) is 17.8 Å². The zero-order valence-electron chi connectivity index (χ0n) is 12.7. The van der Waals surface area contributed by atoms with Crippen molar-refractivity contribution in [3.63, 3.8) is 0 Å². The Hall–Kier alpha value is -2.30. The standard InChI is InChI=1S/C17H20N2O3/c1-12-10-13-6-2-3-7-14(13)19(12)11-16(20)18-9-5-4-8-15(18)17(21)22/h2-3,6-7,10,15H,4-5,8-9,11H2,1H3,(H,21,22)/t15-/m1/s1. The number of carbonyl (C=O) groups excluding carboxylic acids is 1. The van der Waals surface area contributed by atoms with E-state index in [-0.39, 0.29) is 12.5 Å². The van der Waals surface area contributed by atoms with Crippen LogP contribution in [0.2, 0.25) is 0 Å². The molecule has 1 N–H and O–H groups in total. The van der Waals surface area contributed by atoms with Crippen LogP contribution in [-0.4, -0.2) is 39.0 Å². The first-order chi connectivity index (χ1) is 10.6. The average molecular weight is 300 g/mol. The fourth-order valence-corrected chi connectivity index (χ4v) is 3.27. The molecule has 0 bridgehead atoms. The van der Waals surface area contributed by atoms with Gasteiger partial charge in [-0.05, 0) is 43.7 Å². The van der Waals surface area contributed by atoms with E-state index >= 15 is 0 Å². The molecule has 3 rings (SSSR count). The van der Waals surface area contributed by atoms with E-state index in [9.17, 15) is 14.7 Å². The molecule has 5 heteroatoms. The van der Waals surface area contributed by atoms with E-state index in [1.54, 1.807) is 0 Å². The van der Waals surface area contributed by atoms with Crippen LogP contribution >= 0.6 is 0 Å². The van der Waals surface area contributed by atoms with Gasteiger partial charge in [0.25, 0.3) is 0 Å². The summed E-state index contributed by atoms with van der Waals surface area (Å²) in [5.41, 5.74) is 2.02. The van der Waals surface area contributed by atoms with Gasteiger partial charge in [0.1, 0.15) is 12.6 Å². The predicted octanol–water partition coefficient (Wildman–Crippen LogP) is 2.42. The summed E-state index contributed by atoms with van der Waals surface area (Å²) in [5.74, 6) is -1.02. The summed E-state index contributed by atoms with van der Waals surface area (Å²) >= 11 is 0. The van der Waals surface area contributed by atoms with Crippen LogP contribution in [0.1, 0.15) is 25.0 Å². The largest absolute Gasteiger partial charge is 0.480 e. The van der Waals surface area contributed by atoms with E-state index in [0.717, 1.165) is 29.4 Å². The zero-order chi connectivity index (χ0) is 15.7. The Kier molecular flexibility index (Phi) is 3.88. The number of hydrogen-bond donors (Lipinski definition) is 1. The fourth-order valence-electron chi connectivity index (χ4n) is 3.27. The van der Waals surface area contributed by atoms with Gasteiger partial charge in [0.2, 0.25) is 5.91 Å². The molecule has 0 spiro atoms. The van der Waals surface area contributed by atoms with Crippen molar-refractivity contribution >= 4 is 22.8 Å². The molecule has 2 heterocycles. The van der Waals surface area contributed by atoms with Crippen LogP contribution < -0.4 is 0 Å². The van der Waals surface area contributed by atoms with Crippen molar-refractivity contribution in [3.8, 4) is 0 Å². The molecule has 0 radical (unpaired) electrons. The second kappa shape index (κ2) is 5.83. The maximum Gasteiger partial charge on any atom is 0.326 e. The summed E-state index contributed by atoms with van der Waals surface area (Å²) < 4.78 is 1.96. The van der Waals surface area contributed by atoms with Crippen LogP contribution in [-0.2, 0) is 16.1 Å². The fraction of sp³-hybridized carbons (Fsp3) is 0.412. The third-order valence-electron chi connectivity index (χ3n) is 4.42. The molecule has 0 aliphatic carbocycles. The molecule has 0 unspecified atom stereocenters. The molecule has 1 aromatic heterocycles. The average Bonchev–Trinajstić information content (AvgIpc) is 2.83. The minimum Gasteiger partial charge on any atom is -0.480 e. The Labute approximate surface area is 129 Å². The van der Waals surface area contributed by atoms with Crippen LogP contribution in [0, 0.1) is 6.92 Å². The van der Waals surface area contributed by atoms with Gasteiger partial charge >= 0.3 is 5.97 Å². The maximum atomic E-state index is 12.6. The third kappa shape index (κ3) is 2.58. The van der Waals surface area contributed by atoms with Crippen LogP contribution in [0.5, 0.6) is 0 Å². The summed E-state index contributed by atoms with van der Waals surface area (Å²) in [6, 6.07) is 9.30. The van der Waals surface area contributed by atoms with Gasteiger partial charge in [-0.3, -0.25) is 4.79 Å². The molecule has 1 aliphatic rings. The summed E-state index contributed by atoms with van der Waals surface area (Å²) in [6.45, 7) is 2.70. The lowest BCUT2D eigenvalue weighted by Gasteiger charge is -2.33. The van der Waals surface area contributed by atoms with E-state index in [4.69, 9.17) is 0 Å². The molecule has 0 saturated carbocycles. The number of hydrogen-bond acceptors (Lipinski definition) is 2. The van der Waals surface area contributed by atoms with Gasteiger partial charge in [-0.15, -0.1) is 0 Å². The second-order valence-corrected chi connectivity index (χ2v) is 5.87. The molecule has 1 atom stereocenters. The number of carboxylic acids is 1. The van der Waals surface area contributed by atoms with Gasteiger partial charge in [-0.1, -0.05) is 18.2 Å². The van der Waals surface area contributed by atoms with E-state index in [1.165, 1.54) is 4.90 Å². The lowest BCUT2D eigenvalue weighted by molar-refractivity contribution is -0.152. The van der Waals surface area contributed by atoms with Crippen molar-refractivity contribution in [1.29, 1.82) is 0 Å². The number of carbonyl (C=O) groups is 2. The van der Waals surface area contributed by atoms with Gasteiger partial charge in [0.05, 0.1) is 0 Å². The molecule has 116 valence electrons. The maximum absolute atomic E-state index is 12.6. The molecule has 1 amide bonds. The Morgan fingerprint density at radius 1 is 1.27 bits per heavy atom. The minimum absolute atomic E-state index is 0.114. The number of amides is 1. The second-order valence-electron chi connectivity index (χ2n) is 5.87. The minimum atomic E-state index is -0.901. The monoisotopic (exact) mass is 300 g/mol. The molecule has 1 saturated heterocycles. The number of fused-ring (bicyclic) bond motifs is 1. The van der Waals surface area contributed by atoms with Crippen molar-refractivity contribution in [1.82, 2.24) is 9.47 Å². The Balaban J connectivity index is 1.86. The van der Waals surface area contributed by atoms with Gasteiger partial charge in [-0.25, -0.2) is 4.79 Å². The smallest absolute Gasteiger partial charge is 0.326 e. The van der Waals surface area contributed by atoms with Crippen molar-refractivity contribution < 1.29 is 14.7 Å². The lowest BCUT2D eigenvalue weighted by atomic mass is 10.0. The highest BCUT2D eigenvalue weighted by Gasteiger charge is 2.32. The number of aryl methyl sites for hydroxylation is 1. The van der Waals surface area contributed by atoms with Crippen molar-refractivity contribution in [2.45, 2.75) is 38.8 Å². The number of aliphatic carboxylic acids is 1. The van der Waals surface area contributed by atoms with Crippen LogP contribution in [0.3, 0.4) is 0 Å². The quantitative estimate of drug-likeness (QED) is 0.947. The first-order valence-electron chi connectivity index (χ1n) is 7.65. The van der Waals surface area contributed by atoms with E-state index < -0.39 is 12.0 Å². The Bertz CT molecular complexity index is 720. The van der Waals surface area contributed by atoms with Crippen LogP contribution in [0.4, 0.5) is 0 Å². The molecule has 1 fully saturated rings. The lowest BCUT2D eigenvalue weighted by Crippen LogP contribution is -2.49. The molecule has 1 aliphatic heterocycles. The van der Waals surface area contributed by atoms with Crippen LogP contribution in [0.15, 0.2) is 30.3 Å². The summed E-state index contributed by atoms with van der Waals surface area (Å²) in [7, 11) is 0. The van der Waals surface area contributed by atoms with Crippen molar-refractivity contribution in [2.75, 3.05) is 6.54 Å². The number of rotatable bonds is 3. The number of aromatic nitrogens is 1. The summed E-state index contributed by atoms with van der Waals surface area (Å²) in [5, 5.41) is 10.4. The third-order valence-corrected chi connectivity index (χ3v) is 4.42. The molecule has 2 aromatic rings. The first-order valence-corrected chi connectivity index (χ1v) is 7.65. The Morgan fingerprint density at radius 3 is 2.82 bits per heavy atom. The van der Waals surface area contributed by atoms with E-state index in [2.05, 4.69) is 0 Å². The van der Waals surface area contributed by atoms with Gasteiger partial charge < -0.3 is 14.6 Å². The van der Waals surface area contributed by atoms with Crippen molar-refractivity contribution in [2.24, 2.45) is 0 Å². The van der Waals surface area contributed by atoms with Gasteiger partial charge in [0.15, 0.2) is 0 Å². The highest BCUT2D eigenvalue weighted by atomic mass is 16.4. The first kappa shape index (κ1) is 14.6. The number of benzene rings is 1. The number of nitrogens with zero attached hydrogens (tertiary/aromatic N) is 2. The normalized spacial score (nSPS) is 18.6. The molecular formula is C17H20N2O3. The number of piperidine rings is 1. The highest BCUT2D eigenvalue weighted by Crippen LogP contribution is 2.21. The van der Waals surface area contributed by atoms with E-state index in [1.807, 2.05) is 41.8 Å². The van der Waals surface area contributed by atoms with Crippen LogP contribution in [0.25, 0.3) is 10.9 Å². The number of carboxylic acid groups (broad SMARTS) is 1.